The van der Waals surface area contributed by atoms with E-state index in [1.165, 1.54) is 12.1 Å². The highest BCUT2D eigenvalue weighted by Crippen LogP contribution is 2.21. The van der Waals surface area contributed by atoms with E-state index in [2.05, 4.69) is 17.2 Å². The van der Waals surface area contributed by atoms with Gasteiger partial charge in [-0.1, -0.05) is 19.9 Å². The van der Waals surface area contributed by atoms with Gasteiger partial charge >= 0.3 is 0 Å². The van der Waals surface area contributed by atoms with Crippen molar-refractivity contribution in [1.29, 1.82) is 0 Å². The summed E-state index contributed by atoms with van der Waals surface area (Å²) in [6, 6.07) is 4.56. The van der Waals surface area contributed by atoms with E-state index in [9.17, 15) is 9.18 Å². The maximum absolute atomic E-state index is 13.4. The van der Waals surface area contributed by atoms with Crippen LogP contribution in [0.4, 0.5) is 4.39 Å². The second kappa shape index (κ2) is 8.42. The molecule has 116 valence electrons. The summed E-state index contributed by atoms with van der Waals surface area (Å²) in [5, 5.41) is 5.87. The number of ether oxygens (including phenoxy) is 1. The number of nitrogens with one attached hydrogen (secondary N) is 2. The lowest BCUT2D eigenvalue weighted by Gasteiger charge is -2.18. The maximum Gasteiger partial charge on any atom is 0.261 e. The third-order valence-electron chi connectivity index (χ3n) is 2.82. The Labute approximate surface area is 125 Å². The van der Waals surface area contributed by atoms with Gasteiger partial charge in [-0.25, -0.2) is 4.39 Å². The number of carbonyl (C=O) groups is 1. The van der Waals surface area contributed by atoms with Gasteiger partial charge in [-0.15, -0.1) is 6.58 Å². The molecular formula is C16H23FN2O2. The van der Waals surface area contributed by atoms with Gasteiger partial charge in [0.1, 0.15) is 11.6 Å². The molecule has 0 aliphatic carbocycles. The highest BCUT2D eigenvalue weighted by Gasteiger charge is 2.16. The van der Waals surface area contributed by atoms with Crippen molar-refractivity contribution in [3.63, 3.8) is 0 Å². The van der Waals surface area contributed by atoms with Crippen LogP contribution in [0.25, 0.3) is 0 Å². The highest BCUT2D eigenvalue weighted by molar-refractivity contribution is 5.80. The molecule has 0 bridgehead atoms. The molecule has 1 amide bonds. The van der Waals surface area contributed by atoms with Gasteiger partial charge in [-0.2, -0.15) is 0 Å². The van der Waals surface area contributed by atoms with Crippen LogP contribution < -0.4 is 15.4 Å². The summed E-state index contributed by atoms with van der Waals surface area (Å²) in [5.41, 5.74) is 0.687. The monoisotopic (exact) mass is 294 g/mol. The van der Waals surface area contributed by atoms with Gasteiger partial charge in [-0.05, 0) is 25.1 Å². The van der Waals surface area contributed by atoms with Gasteiger partial charge < -0.3 is 15.4 Å². The number of halogens is 1. The van der Waals surface area contributed by atoms with Crippen molar-refractivity contribution in [1.82, 2.24) is 10.6 Å². The van der Waals surface area contributed by atoms with E-state index in [1.54, 1.807) is 19.1 Å². The number of hydrogen-bond acceptors (Lipinski definition) is 3. The molecule has 0 radical (unpaired) electrons. The smallest absolute Gasteiger partial charge is 0.261 e. The topological polar surface area (TPSA) is 50.4 Å². The first-order chi connectivity index (χ1) is 9.93. The zero-order valence-electron chi connectivity index (χ0n) is 12.8. The van der Waals surface area contributed by atoms with Crippen LogP contribution in [0.1, 0.15) is 26.3 Å². The van der Waals surface area contributed by atoms with Gasteiger partial charge in [0.15, 0.2) is 6.10 Å². The Hall–Kier alpha value is -1.88. The molecule has 5 heteroatoms. The third-order valence-corrected chi connectivity index (χ3v) is 2.82. The molecule has 1 aromatic rings. The van der Waals surface area contributed by atoms with Crippen LogP contribution in [0.15, 0.2) is 30.9 Å². The molecule has 0 saturated carbocycles. The van der Waals surface area contributed by atoms with Crippen LogP contribution in [0.2, 0.25) is 0 Å². The molecule has 1 rings (SSSR count). The number of hydrogen-bond donors (Lipinski definition) is 2. The summed E-state index contributed by atoms with van der Waals surface area (Å²) >= 11 is 0. The van der Waals surface area contributed by atoms with Crippen molar-refractivity contribution < 1.29 is 13.9 Å². The average molecular weight is 294 g/mol. The average Bonchev–Trinajstić information content (AvgIpc) is 2.44. The first-order valence-electron chi connectivity index (χ1n) is 7.01. The molecule has 0 aliphatic heterocycles. The van der Waals surface area contributed by atoms with Crippen molar-refractivity contribution in [2.24, 2.45) is 0 Å². The first kappa shape index (κ1) is 17.2. The van der Waals surface area contributed by atoms with Crippen LogP contribution in [0.3, 0.4) is 0 Å². The van der Waals surface area contributed by atoms with E-state index in [-0.39, 0.29) is 17.8 Å². The fourth-order valence-corrected chi connectivity index (χ4v) is 1.68. The minimum Gasteiger partial charge on any atom is -0.481 e. The molecule has 21 heavy (non-hydrogen) atoms. The van der Waals surface area contributed by atoms with Crippen LogP contribution in [0.5, 0.6) is 5.75 Å². The van der Waals surface area contributed by atoms with Gasteiger partial charge in [0.05, 0.1) is 0 Å². The van der Waals surface area contributed by atoms with Crippen LogP contribution in [-0.2, 0) is 11.3 Å². The Morgan fingerprint density at radius 2 is 2.14 bits per heavy atom. The summed E-state index contributed by atoms with van der Waals surface area (Å²) in [7, 11) is 0. The van der Waals surface area contributed by atoms with E-state index >= 15 is 0 Å². The molecule has 0 heterocycles. The van der Waals surface area contributed by atoms with E-state index in [4.69, 9.17) is 4.74 Å². The lowest BCUT2D eigenvalue weighted by atomic mass is 10.2. The first-order valence-corrected chi connectivity index (χ1v) is 7.01. The molecule has 0 saturated heterocycles. The Balaban J connectivity index is 2.76. The summed E-state index contributed by atoms with van der Waals surface area (Å²) in [4.78, 5) is 11.8. The molecule has 1 unspecified atom stereocenters. The Morgan fingerprint density at radius 3 is 2.76 bits per heavy atom. The van der Waals surface area contributed by atoms with E-state index in [1.807, 2.05) is 13.8 Å². The normalized spacial score (nSPS) is 12.0. The minimum absolute atomic E-state index is 0.234. The molecule has 4 nitrogen and oxygen atoms in total. The minimum atomic E-state index is -0.659. The molecule has 0 aliphatic rings. The van der Waals surface area contributed by atoms with Crippen molar-refractivity contribution in [2.45, 2.75) is 39.5 Å². The summed E-state index contributed by atoms with van der Waals surface area (Å²) < 4.78 is 19.0. The SMILES string of the molecule is C=CCNC(=O)C(C)Oc1ccc(F)cc1CNC(C)C. The molecule has 2 N–H and O–H groups in total. The van der Waals surface area contributed by atoms with E-state index < -0.39 is 6.10 Å². The van der Waals surface area contributed by atoms with Gasteiger partial charge in [0.25, 0.3) is 5.91 Å². The Kier molecular flexibility index (Phi) is 6.88. The number of rotatable bonds is 8. The molecule has 1 atom stereocenters. The van der Waals surface area contributed by atoms with Crippen LogP contribution in [0, 0.1) is 5.82 Å². The van der Waals surface area contributed by atoms with Crippen molar-refractivity contribution in [2.75, 3.05) is 6.54 Å². The van der Waals surface area contributed by atoms with Crippen molar-refractivity contribution in [3.05, 3.63) is 42.2 Å². The molecule has 0 fully saturated rings. The fourth-order valence-electron chi connectivity index (χ4n) is 1.68. The Bertz CT molecular complexity index is 489. The molecular weight excluding hydrogens is 271 g/mol. The second-order valence-electron chi connectivity index (χ2n) is 5.08. The van der Waals surface area contributed by atoms with Crippen LogP contribution >= 0.6 is 0 Å². The predicted octanol–water partition coefficient (Wildman–Crippen LogP) is 2.39. The largest absolute Gasteiger partial charge is 0.481 e. The van der Waals surface area contributed by atoms with Crippen molar-refractivity contribution in [3.8, 4) is 5.75 Å². The third kappa shape index (κ3) is 5.95. The van der Waals surface area contributed by atoms with Gasteiger partial charge in [-0.3, -0.25) is 4.79 Å². The molecule has 1 aromatic carbocycles. The Morgan fingerprint density at radius 1 is 1.43 bits per heavy atom. The maximum atomic E-state index is 13.4. The van der Waals surface area contributed by atoms with Crippen molar-refractivity contribution >= 4 is 5.91 Å². The van der Waals surface area contributed by atoms with E-state index in [0.717, 1.165) is 0 Å². The summed E-state index contributed by atoms with van der Waals surface area (Å²) in [5.74, 6) is -0.0561. The van der Waals surface area contributed by atoms with Crippen LogP contribution in [-0.4, -0.2) is 24.6 Å². The van der Waals surface area contributed by atoms with E-state index in [0.29, 0.717) is 24.4 Å². The fraction of sp³-hybridized carbons (Fsp3) is 0.438. The van der Waals surface area contributed by atoms with Gasteiger partial charge in [0.2, 0.25) is 0 Å². The lowest BCUT2D eigenvalue weighted by molar-refractivity contribution is -0.127. The predicted molar refractivity (Wildman–Crippen MR) is 81.7 cm³/mol. The second-order valence-corrected chi connectivity index (χ2v) is 5.08. The lowest BCUT2D eigenvalue weighted by Crippen LogP contribution is -2.36. The molecule has 0 aromatic heterocycles. The van der Waals surface area contributed by atoms with Gasteiger partial charge in [0, 0.05) is 24.7 Å². The number of carbonyl (C=O) groups excluding carboxylic acids is 1. The zero-order chi connectivity index (χ0) is 15.8. The summed E-state index contributed by atoms with van der Waals surface area (Å²) in [6.45, 7) is 10.1. The standard InChI is InChI=1S/C16H23FN2O2/c1-5-8-18-16(20)12(4)21-15-7-6-14(17)9-13(15)10-19-11(2)3/h5-7,9,11-12,19H,1,8,10H2,2-4H3,(H,18,20). The number of amides is 1. The zero-order valence-corrected chi connectivity index (χ0v) is 12.8. The number of benzene rings is 1. The quantitative estimate of drug-likeness (QED) is 0.724. The summed E-state index contributed by atoms with van der Waals surface area (Å²) in [6.07, 6.45) is 0.939. The molecule has 0 spiro atoms. The highest BCUT2D eigenvalue weighted by atomic mass is 19.1.